The molecule has 1 aliphatic carbocycles. The molecule has 6 rings (SSSR count). The SMILES string of the molecule is Cc1cc(C)cc(-c2c(C)ccc3c2C=C(C(C)C)[CH]3[Zr]([Cl])([Cl])[c]2cccc3c2[SiH2]c2ccccc2-3)c1. The first-order chi connectivity index (χ1) is 17.7. The van der Waals surface area contributed by atoms with E-state index in [4.69, 9.17) is 17.0 Å². The molecule has 0 saturated carbocycles. The fourth-order valence-electron chi connectivity index (χ4n) is 6.61. The van der Waals surface area contributed by atoms with Crippen molar-refractivity contribution in [3.05, 3.63) is 106 Å². The van der Waals surface area contributed by atoms with Crippen LogP contribution in [0, 0.1) is 26.7 Å². The normalized spacial score (nSPS) is 16.6. The second-order valence-corrected chi connectivity index (χ2v) is 27.0. The third kappa shape index (κ3) is 4.20. The fourth-order valence-corrected chi connectivity index (χ4v) is 23.7. The van der Waals surface area contributed by atoms with E-state index in [9.17, 15) is 0 Å². The van der Waals surface area contributed by atoms with Crippen LogP contribution in [-0.2, 0) is 17.9 Å². The van der Waals surface area contributed by atoms with Gasteiger partial charge < -0.3 is 0 Å². The van der Waals surface area contributed by atoms with Gasteiger partial charge in [0.05, 0.1) is 0 Å². The van der Waals surface area contributed by atoms with Crippen molar-refractivity contribution in [2.24, 2.45) is 5.92 Å². The van der Waals surface area contributed by atoms with Crippen molar-refractivity contribution >= 4 is 46.3 Å². The van der Waals surface area contributed by atoms with E-state index in [0.717, 1.165) is 0 Å². The molecule has 0 aromatic heterocycles. The van der Waals surface area contributed by atoms with E-state index in [0.29, 0.717) is 5.92 Å². The van der Waals surface area contributed by atoms with Crippen LogP contribution in [0.3, 0.4) is 0 Å². The Kier molecular flexibility index (Phi) is 6.56. The number of fused-ring (bicyclic) bond motifs is 4. The number of hydrogen-bond donors (Lipinski definition) is 0. The van der Waals surface area contributed by atoms with Gasteiger partial charge in [0.25, 0.3) is 0 Å². The molecule has 4 aromatic carbocycles. The molecule has 1 aliphatic heterocycles. The topological polar surface area (TPSA) is 0 Å². The zero-order chi connectivity index (χ0) is 26.1. The van der Waals surface area contributed by atoms with Gasteiger partial charge in [-0.1, -0.05) is 0 Å². The standard InChI is InChI=1S/C21H23.C12H9Si.2ClH.Zr/c1-13(2)18-11-17-7-6-16(5)21(20(17)12-18)19-9-14(3)8-15(4)10-19;1-3-7-11-9(5-1)10-6-2-4-8-12(10)13-11;;;/h6-13H,1-5H3;1-7H,13H2;2*1H;/q;;;;+2/p-2. The average Bonchev–Trinajstić information content (AvgIpc) is 3.42. The van der Waals surface area contributed by atoms with Gasteiger partial charge in [0.2, 0.25) is 0 Å². The third-order valence-corrected chi connectivity index (χ3v) is 22.4. The molecule has 1 atom stereocenters. The maximum atomic E-state index is 7.81. The molecule has 0 saturated heterocycles. The summed E-state index contributed by atoms with van der Waals surface area (Å²) in [6.45, 7) is 11.2. The minimum absolute atomic E-state index is 0.113. The Labute approximate surface area is 235 Å². The van der Waals surface area contributed by atoms with Crippen molar-refractivity contribution in [2.75, 3.05) is 0 Å². The molecule has 1 unspecified atom stereocenters. The van der Waals surface area contributed by atoms with E-state index in [-0.39, 0.29) is 3.63 Å². The second-order valence-electron chi connectivity index (χ2n) is 11.2. The van der Waals surface area contributed by atoms with Crippen molar-refractivity contribution in [1.82, 2.24) is 0 Å². The van der Waals surface area contributed by atoms with E-state index in [1.807, 2.05) is 0 Å². The Balaban J connectivity index is 1.55. The van der Waals surface area contributed by atoms with E-state index < -0.39 is 27.4 Å². The average molecular weight is 619 g/mol. The Morgan fingerprint density at radius 2 is 1.51 bits per heavy atom. The summed E-state index contributed by atoms with van der Waals surface area (Å²) in [5, 5.41) is 3.00. The summed E-state index contributed by atoms with van der Waals surface area (Å²) in [7, 11) is 15.0. The molecule has 186 valence electrons. The summed E-state index contributed by atoms with van der Waals surface area (Å²) in [4.78, 5) is 0. The molecule has 0 nitrogen and oxygen atoms in total. The molecular formula is C33H32Cl2SiZr. The zero-order valence-corrected chi connectivity index (χ0v) is 27.5. The zero-order valence-electron chi connectivity index (χ0n) is 22.1. The molecule has 0 amide bonds. The van der Waals surface area contributed by atoms with Gasteiger partial charge in [-0.05, 0) is 0 Å². The third-order valence-electron chi connectivity index (χ3n) is 8.19. The summed E-state index contributed by atoms with van der Waals surface area (Å²) in [5.41, 5.74) is 13.3. The molecule has 1 heterocycles. The number of rotatable bonds is 4. The Morgan fingerprint density at radius 1 is 0.811 bits per heavy atom. The monoisotopic (exact) mass is 616 g/mol. The van der Waals surface area contributed by atoms with Gasteiger partial charge in [-0.3, -0.25) is 0 Å². The first kappa shape index (κ1) is 25.6. The molecule has 37 heavy (non-hydrogen) atoms. The Bertz CT molecular complexity index is 1580. The Hall–Kier alpha value is -1.70. The van der Waals surface area contributed by atoms with Gasteiger partial charge in [0.15, 0.2) is 0 Å². The quantitative estimate of drug-likeness (QED) is 0.186. The van der Waals surface area contributed by atoms with Crippen LogP contribution < -0.4 is 13.6 Å². The van der Waals surface area contributed by atoms with Crippen LogP contribution in [0.1, 0.15) is 45.3 Å². The molecule has 0 fully saturated rings. The van der Waals surface area contributed by atoms with Gasteiger partial charge >= 0.3 is 237 Å². The van der Waals surface area contributed by atoms with Crippen molar-refractivity contribution in [1.29, 1.82) is 0 Å². The van der Waals surface area contributed by atoms with Crippen LogP contribution in [0.2, 0.25) is 0 Å². The molecule has 4 heteroatoms. The fraction of sp³-hybridized carbons (Fsp3) is 0.212. The Morgan fingerprint density at radius 3 is 2.24 bits per heavy atom. The summed E-state index contributed by atoms with van der Waals surface area (Å²) >= 11 is -3.95. The molecule has 4 aromatic rings. The molecule has 0 N–H and O–H groups in total. The summed E-state index contributed by atoms with van der Waals surface area (Å²) in [6.07, 6.45) is 2.44. The summed E-state index contributed by atoms with van der Waals surface area (Å²) < 4.78 is 1.41. The van der Waals surface area contributed by atoms with Crippen LogP contribution in [0.15, 0.2) is 78.4 Å². The van der Waals surface area contributed by atoms with Crippen LogP contribution in [0.4, 0.5) is 0 Å². The number of hydrogen-bond acceptors (Lipinski definition) is 0. The molecule has 0 radical (unpaired) electrons. The van der Waals surface area contributed by atoms with E-state index >= 15 is 0 Å². The van der Waals surface area contributed by atoms with E-state index in [1.165, 1.54) is 69.3 Å². The minimum atomic E-state index is -3.95. The number of allylic oxidation sites excluding steroid dienone is 1. The van der Waals surface area contributed by atoms with Crippen LogP contribution in [-0.4, -0.2) is 9.52 Å². The molecule has 0 spiro atoms. The second kappa shape index (κ2) is 9.49. The van der Waals surface area contributed by atoms with Crippen LogP contribution in [0.25, 0.3) is 28.3 Å². The van der Waals surface area contributed by atoms with Gasteiger partial charge in [-0.25, -0.2) is 0 Å². The van der Waals surface area contributed by atoms with Gasteiger partial charge in [-0.15, -0.1) is 0 Å². The first-order valence-corrected chi connectivity index (χ1v) is 23.6. The van der Waals surface area contributed by atoms with Gasteiger partial charge in [0.1, 0.15) is 0 Å². The van der Waals surface area contributed by atoms with Crippen molar-refractivity contribution < 1.29 is 17.9 Å². The first-order valence-electron chi connectivity index (χ1n) is 13.2. The number of benzene rings is 4. The van der Waals surface area contributed by atoms with E-state index in [1.54, 1.807) is 0 Å². The predicted octanol–water partition coefficient (Wildman–Crippen LogP) is 7.26. The van der Waals surface area contributed by atoms with Crippen molar-refractivity contribution in [3.8, 4) is 22.3 Å². The van der Waals surface area contributed by atoms with Crippen molar-refractivity contribution in [3.63, 3.8) is 0 Å². The molecule has 2 aliphatic rings. The predicted molar refractivity (Wildman–Crippen MR) is 163 cm³/mol. The summed E-state index contributed by atoms with van der Waals surface area (Å²) in [5.74, 6) is 0.379. The van der Waals surface area contributed by atoms with Crippen LogP contribution in [0.5, 0.6) is 0 Å². The summed E-state index contributed by atoms with van der Waals surface area (Å²) in [6, 6.07) is 27.1. The van der Waals surface area contributed by atoms with Gasteiger partial charge in [0, 0.05) is 0 Å². The number of aryl methyl sites for hydroxylation is 3. The molecular weight excluding hydrogens is 587 g/mol. The van der Waals surface area contributed by atoms with Crippen LogP contribution >= 0.6 is 17.0 Å². The maximum absolute atomic E-state index is 7.81. The van der Waals surface area contributed by atoms with Gasteiger partial charge in [-0.2, -0.15) is 0 Å². The van der Waals surface area contributed by atoms with Crippen molar-refractivity contribution in [2.45, 2.75) is 38.2 Å². The van der Waals surface area contributed by atoms with E-state index in [2.05, 4.69) is 113 Å². The number of halogens is 2. The molecule has 0 bridgehead atoms.